The Morgan fingerprint density at radius 3 is 2.71 bits per heavy atom. The molecule has 0 aliphatic carbocycles. The van der Waals surface area contributed by atoms with Gasteiger partial charge in [0.25, 0.3) is 5.91 Å². The summed E-state index contributed by atoms with van der Waals surface area (Å²) in [5.74, 6) is -0.109. The fraction of sp³-hybridized carbons (Fsp3) is 0.261. The highest BCUT2D eigenvalue weighted by Crippen LogP contribution is 2.25. The number of piperidine rings is 1. The fourth-order valence-electron chi connectivity index (χ4n) is 4.01. The third-order valence-electron chi connectivity index (χ3n) is 5.66. The lowest BCUT2D eigenvalue weighted by molar-refractivity contribution is 0.0910. The van der Waals surface area contributed by atoms with Gasteiger partial charge >= 0.3 is 0 Å². The summed E-state index contributed by atoms with van der Waals surface area (Å²) >= 11 is 7.61. The van der Waals surface area contributed by atoms with Gasteiger partial charge in [0.05, 0.1) is 16.8 Å². The van der Waals surface area contributed by atoms with Crippen LogP contribution < -0.4 is 5.32 Å². The van der Waals surface area contributed by atoms with Gasteiger partial charge in [0.2, 0.25) is 0 Å². The van der Waals surface area contributed by atoms with Gasteiger partial charge in [0.1, 0.15) is 5.56 Å². The number of nitrogens with one attached hydrogen (secondary N) is 1. The molecule has 0 saturated carbocycles. The van der Waals surface area contributed by atoms with Crippen LogP contribution in [0.2, 0.25) is 5.02 Å². The zero-order valence-electron chi connectivity index (χ0n) is 16.9. The van der Waals surface area contributed by atoms with E-state index in [1.807, 2.05) is 35.7 Å². The second-order valence-corrected chi connectivity index (χ2v) is 9.14. The third-order valence-corrected chi connectivity index (χ3v) is 6.81. The highest BCUT2D eigenvalue weighted by Gasteiger charge is 2.23. The number of hydrogen-bond donors (Lipinski definition) is 1. The molecule has 1 N–H and O–H groups in total. The van der Waals surface area contributed by atoms with Crippen molar-refractivity contribution in [3.63, 3.8) is 0 Å². The summed E-state index contributed by atoms with van der Waals surface area (Å²) in [7, 11) is 0. The Morgan fingerprint density at radius 2 is 1.97 bits per heavy atom. The number of carbonyl (C=O) groups is 1. The molecule has 0 atom stereocenters. The van der Waals surface area contributed by atoms with E-state index < -0.39 is 0 Å². The number of thiophene rings is 1. The van der Waals surface area contributed by atoms with Crippen molar-refractivity contribution in [1.29, 1.82) is 0 Å². The summed E-state index contributed by atoms with van der Waals surface area (Å²) in [5, 5.41) is 10.4. The van der Waals surface area contributed by atoms with Crippen LogP contribution in [0.5, 0.6) is 0 Å². The van der Waals surface area contributed by atoms with Crippen molar-refractivity contribution >= 4 is 34.5 Å². The molecular weight excluding hydrogens is 430 g/mol. The van der Waals surface area contributed by atoms with Crippen LogP contribution in [0.4, 0.5) is 0 Å². The van der Waals surface area contributed by atoms with Crippen LogP contribution in [-0.2, 0) is 6.54 Å². The Hall–Kier alpha value is -2.74. The maximum absolute atomic E-state index is 13.0. The summed E-state index contributed by atoms with van der Waals surface area (Å²) < 4.78 is 1.75. The number of halogens is 1. The molecular formula is C23H22ClN5OS. The second-order valence-electron chi connectivity index (χ2n) is 7.75. The summed E-state index contributed by atoms with van der Waals surface area (Å²) in [6, 6.07) is 14.1. The Balaban J connectivity index is 1.23. The summed E-state index contributed by atoms with van der Waals surface area (Å²) in [4.78, 5) is 20.9. The second kappa shape index (κ2) is 8.78. The van der Waals surface area contributed by atoms with E-state index in [4.69, 9.17) is 11.6 Å². The van der Waals surface area contributed by atoms with Crippen molar-refractivity contribution < 1.29 is 4.79 Å². The zero-order chi connectivity index (χ0) is 21.2. The molecule has 1 aliphatic rings. The minimum absolute atomic E-state index is 0.109. The topological polar surface area (TPSA) is 62.5 Å². The van der Waals surface area contributed by atoms with Crippen LogP contribution in [0.3, 0.4) is 0 Å². The molecule has 1 amide bonds. The summed E-state index contributed by atoms with van der Waals surface area (Å²) in [6.45, 7) is 2.80. The number of likely N-dealkylation sites (tertiary alicyclic amines) is 1. The van der Waals surface area contributed by atoms with Gasteiger partial charge in [-0.1, -0.05) is 29.8 Å². The van der Waals surface area contributed by atoms with Crippen LogP contribution in [-0.4, -0.2) is 44.5 Å². The molecule has 1 saturated heterocycles. The van der Waals surface area contributed by atoms with E-state index in [9.17, 15) is 4.79 Å². The third kappa shape index (κ3) is 4.35. The molecule has 3 aromatic heterocycles. The van der Waals surface area contributed by atoms with Crippen LogP contribution in [0.15, 0.2) is 60.2 Å². The minimum atomic E-state index is -0.109. The number of amides is 1. The Labute approximate surface area is 189 Å². The average Bonchev–Trinajstić information content (AvgIpc) is 3.46. The molecule has 1 aromatic carbocycles. The van der Waals surface area contributed by atoms with Gasteiger partial charge in [0.15, 0.2) is 5.65 Å². The molecule has 1 fully saturated rings. The first-order valence-corrected chi connectivity index (χ1v) is 11.6. The molecule has 0 bridgehead atoms. The van der Waals surface area contributed by atoms with E-state index >= 15 is 0 Å². The molecule has 0 unspecified atom stereocenters. The normalized spacial score (nSPS) is 15.4. The van der Waals surface area contributed by atoms with Crippen molar-refractivity contribution in [1.82, 2.24) is 24.8 Å². The fourth-order valence-corrected chi connectivity index (χ4v) is 4.87. The predicted octanol–water partition coefficient (Wildman–Crippen LogP) is 4.51. The number of aromatic nitrogens is 3. The van der Waals surface area contributed by atoms with Crippen molar-refractivity contribution in [2.45, 2.75) is 25.4 Å². The van der Waals surface area contributed by atoms with Crippen LogP contribution in [0.1, 0.15) is 28.8 Å². The molecule has 1 aliphatic heterocycles. The largest absolute Gasteiger partial charge is 0.349 e. The summed E-state index contributed by atoms with van der Waals surface area (Å²) in [6.07, 6.45) is 5.20. The Morgan fingerprint density at radius 1 is 1.16 bits per heavy atom. The standard InChI is InChI=1S/C23H22ClN5OS/c24-17-5-3-16(4-6-17)15-28-11-8-18(9-12-28)27-23(30)19-14-26-29-20(7-10-25-22(19)29)21-2-1-13-31-21/h1-7,10,13-14,18H,8-9,11-12,15H2,(H,27,30). The van der Waals surface area contributed by atoms with E-state index in [0.717, 1.165) is 48.1 Å². The first-order chi connectivity index (χ1) is 15.2. The summed E-state index contributed by atoms with van der Waals surface area (Å²) in [5.41, 5.74) is 3.30. The van der Waals surface area contributed by atoms with Gasteiger partial charge in [-0.3, -0.25) is 9.69 Å². The molecule has 158 valence electrons. The first-order valence-electron chi connectivity index (χ1n) is 10.3. The highest BCUT2D eigenvalue weighted by atomic mass is 35.5. The molecule has 0 radical (unpaired) electrons. The van der Waals surface area contributed by atoms with Crippen molar-refractivity contribution in [3.8, 4) is 10.6 Å². The Bertz CT molecular complexity index is 1180. The minimum Gasteiger partial charge on any atom is -0.349 e. The average molecular weight is 452 g/mol. The van der Waals surface area contributed by atoms with Crippen LogP contribution in [0, 0.1) is 0 Å². The monoisotopic (exact) mass is 451 g/mol. The lowest BCUT2D eigenvalue weighted by Crippen LogP contribution is -2.44. The SMILES string of the molecule is O=C(NC1CCN(Cc2ccc(Cl)cc2)CC1)c1cnn2c(-c3cccs3)ccnc12. The van der Waals surface area contributed by atoms with Crippen molar-refractivity contribution in [2.24, 2.45) is 0 Å². The molecule has 0 spiro atoms. The smallest absolute Gasteiger partial charge is 0.256 e. The molecule has 4 aromatic rings. The van der Waals surface area contributed by atoms with E-state index in [-0.39, 0.29) is 11.9 Å². The van der Waals surface area contributed by atoms with E-state index in [2.05, 4.69) is 32.4 Å². The highest BCUT2D eigenvalue weighted by molar-refractivity contribution is 7.13. The molecule has 8 heteroatoms. The van der Waals surface area contributed by atoms with Crippen LogP contribution >= 0.6 is 22.9 Å². The van der Waals surface area contributed by atoms with Gasteiger partial charge in [-0.05, 0) is 48.1 Å². The zero-order valence-corrected chi connectivity index (χ0v) is 18.4. The van der Waals surface area contributed by atoms with Crippen molar-refractivity contribution in [3.05, 3.63) is 76.4 Å². The first kappa shape index (κ1) is 20.2. The van der Waals surface area contributed by atoms with Crippen molar-refractivity contribution in [2.75, 3.05) is 13.1 Å². The van der Waals surface area contributed by atoms with Gasteiger partial charge < -0.3 is 5.32 Å². The lowest BCUT2D eigenvalue weighted by atomic mass is 10.0. The lowest BCUT2D eigenvalue weighted by Gasteiger charge is -2.32. The van der Waals surface area contributed by atoms with Gasteiger partial charge in [-0.15, -0.1) is 11.3 Å². The van der Waals surface area contributed by atoms with E-state index in [0.29, 0.717) is 11.2 Å². The Kier molecular flexibility index (Phi) is 5.72. The van der Waals surface area contributed by atoms with Gasteiger partial charge in [-0.2, -0.15) is 5.10 Å². The molecule has 6 nitrogen and oxygen atoms in total. The number of hydrogen-bond acceptors (Lipinski definition) is 5. The number of benzene rings is 1. The molecule has 31 heavy (non-hydrogen) atoms. The number of rotatable bonds is 5. The number of carbonyl (C=O) groups excluding carboxylic acids is 1. The molecule has 5 rings (SSSR count). The maximum atomic E-state index is 13.0. The maximum Gasteiger partial charge on any atom is 0.256 e. The number of nitrogens with zero attached hydrogens (tertiary/aromatic N) is 4. The molecule has 4 heterocycles. The predicted molar refractivity (Wildman–Crippen MR) is 124 cm³/mol. The number of fused-ring (bicyclic) bond motifs is 1. The van der Waals surface area contributed by atoms with E-state index in [1.54, 1.807) is 28.2 Å². The van der Waals surface area contributed by atoms with E-state index in [1.165, 1.54) is 5.56 Å². The van der Waals surface area contributed by atoms with Crippen LogP contribution in [0.25, 0.3) is 16.2 Å². The van der Waals surface area contributed by atoms with Gasteiger partial charge in [-0.25, -0.2) is 9.50 Å². The van der Waals surface area contributed by atoms with Gasteiger partial charge in [0, 0.05) is 36.9 Å². The quantitative estimate of drug-likeness (QED) is 0.485.